The van der Waals surface area contributed by atoms with Crippen LogP contribution >= 0.6 is 23.1 Å². The van der Waals surface area contributed by atoms with Crippen molar-refractivity contribution >= 4 is 52.3 Å². The number of carbonyl (C=O) groups is 3. The van der Waals surface area contributed by atoms with Gasteiger partial charge in [-0.15, -0.1) is 11.3 Å². The van der Waals surface area contributed by atoms with Crippen LogP contribution in [-0.2, 0) is 9.59 Å². The molecule has 30 heavy (non-hydrogen) atoms. The molecule has 0 bridgehead atoms. The predicted molar refractivity (Wildman–Crippen MR) is 112 cm³/mol. The van der Waals surface area contributed by atoms with Gasteiger partial charge in [-0.05, 0) is 53.1 Å². The molecule has 1 aliphatic heterocycles. The Balaban J connectivity index is 1.46. The SMILES string of the molecule is O=C(/C=C/c1ccc(OC(F)F)cc1)NCCN1C(=O)S/C(=C\c2cccs2)C1=O. The third-order valence-corrected chi connectivity index (χ3v) is 5.58. The van der Waals surface area contributed by atoms with Crippen LogP contribution in [0.15, 0.2) is 52.8 Å². The molecule has 1 aliphatic rings. The summed E-state index contributed by atoms with van der Waals surface area (Å²) in [5.41, 5.74) is 0.622. The standard InChI is InChI=1S/C20H16F2N2O4S2/c21-19(22)28-14-6-3-13(4-7-14)5-8-17(25)23-9-10-24-18(26)16(30-20(24)27)12-15-2-1-11-29-15/h1-8,11-12,19H,9-10H2,(H,23,25)/b8-5+,16-12-. The molecule has 6 nitrogen and oxygen atoms in total. The van der Waals surface area contributed by atoms with E-state index in [2.05, 4.69) is 10.1 Å². The Morgan fingerprint density at radius 3 is 2.63 bits per heavy atom. The summed E-state index contributed by atoms with van der Waals surface area (Å²) in [6, 6.07) is 9.50. The van der Waals surface area contributed by atoms with E-state index in [1.165, 1.54) is 47.8 Å². The Labute approximate surface area is 179 Å². The Morgan fingerprint density at radius 2 is 1.97 bits per heavy atom. The zero-order valence-corrected chi connectivity index (χ0v) is 17.1. The number of nitrogens with zero attached hydrogens (tertiary/aromatic N) is 1. The maximum Gasteiger partial charge on any atom is 0.387 e. The van der Waals surface area contributed by atoms with E-state index in [0.29, 0.717) is 10.5 Å². The fourth-order valence-corrected chi connectivity index (χ4v) is 4.07. The molecule has 1 fully saturated rings. The number of hydrogen-bond donors (Lipinski definition) is 1. The minimum absolute atomic E-state index is 0.0249. The number of ether oxygens (including phenoxy) is 1. The van der Waals surface area contributed by atoms with Crippen LogP contribution in [0.5, 0.6) is 5.75 Å². The van der Waals surface area contributed by atoms with Gasteiger partial charge in [0.2, 0.25) is 5.91 Å². The number of thiophene rings is 1. The smallest absolute Gasteiger partial charge is 0.387 e. The lowest BCUT2D eigenvalue weighted by Crippen LogP contribution is -2.36. The molecule has 1 aromatic carbocycles. The number of hydrogen-bond acceptors (Lipinski definition) is 6. The molecule has 2 aromatic rings. The summed E-state index contributed by atoms with van der Waals surface area (Å²) in [5.74, 6) is -0.768. The fraction of sp³-hybridized carbons (Fsp3) is 0.150. The van der Waals surface area contributed by atoms with Crippen LogP contribution in [0.2, 0.25) is 0 Å². The van der Waals surface area contributed by atoms with Gasteiger partial charge in [0.05, 0.1) is 4.91 Å². The number of carbonyl (C=O) groups excluding carboxylic acids is 3. The molecule has 156 valence electrons. The fourth-order valence-electron chi connectivity index (χ4n) is 2.48. The van der Waals surface area contributed by atoms with Crippen molar-refractivity contribution in [3.8, 4) is 5.75 Å². The van der Waals surface area contributed by atoms with E-state index in [9.17, 15) is 23.2 Å². The quantitative estimate of drug-likeness (QED) is 0.610. The lowest BCUT2D eigenvalue weighted by atomic mass is 10.2. The number of rotatable bonds is 8. The average molecular weight is 450 g/mol. The van der Waals surface area contributed by atoms with Crippen molar-refractivity contribution < 1.29 is 27.9 Å². The highest BCUT2D eigenvalue weighted by molar-refractivity contribution is 8.18. The summed E-state index contributed by atoms with van der Waals surface area (Å²) in [4.78, 5) is 38.7. The van der Waals surface area contributed by atoms with Crippen molar-refractivity contribution in [2.75, 3.05) is 13.1 Å². The van der Waals surface area contributed by atoms with Gasteiger partial charge >= 0.3 is 6.61 Å². The minimum Gasteiger partial charge on any atom is -0.435 e. The van der Waals surface area contributed by atoms with Gasteiger partial charge in [0.1, 0.15) is 5.75 Å². The predicted octanol–water partition coefficient (Wildman–Crippen LogP) is 4.22. The summed E-state index contributed by atoms with van der Waals surface area (Å²) >= 11 is 2.34. The molecule has 0 atom stereocenters. The molecular weight excluding hydrogens is 434 g/mol. The van der Waals surface area contributed by atoms with E-state index in [1.54, 1.807) is 6.08 Å². The van der Waals surface area contributed by atoms with Crippen molar-refractivity contribution in [1.82, 2.24) is 10.2 Å². The Kier molecular flexibility index (Phi) is 7.36. The number of alkyl halides is 2. The maximum absolute atomic E-state index is 12.4. The monoisotopic (exact) mass is 450 g/mol. The van der Waals surface area contributed by atoms with Gasteiger partial charge in [-0.1, -0.05) is 18.2 Å². The zero-order valence-electron chi connectivity index (χ0n) is 15.4. The van der Waals surface area contributed by atoms with E-state index in [0.717, 1.165) is 21.5 Å². The van der Waals surface area contributed by atoms with Crippen molar-refractivity contribution in [2.45, 2.75) is 6.61 Å². The third kappa shape index (κ3) is 6.01. The second kappa shape index (κ2) is 10.2. The van der Waals surface area contributed by atoms with Crippen molar-refractivity contribution in [2.24, 2.45) is 0 Å². The topological polar surface area (TPSA) is 75.7 Å². The van der Waals surface area contributed by atoms with Crippen molar-refractivity contribution in [3.05, 3.63) is 63.2 Å². The molecule has 0 aliphatic carbocycles. The van der Waals surface area contributed by atoms with E-state index in [-0.39, 0.29) is 30.0 Å². The van der Waals surface area contributed by atoms with E-state index in [1.807, 2.05) is 17.5 Å². The van der Waals surface area contributed by atoms with Gasteiger partial charge < -0.3 is 10.1 Å². The summed E-state index contributed by atoms with van der Waals surface area (Å²) in [6.07, 6.45) is 4.45. The Bertz CT molecular complexity index is 973. The Hall–Kier alpha value is -2.98. The summed E-state index contributed by atoms with van der Waals surface area (Å²) in [5, 5.41) is 4.10. The van der Waals surface area contributed by atoms with Crippen LogP contribution in [0.25, 0.3) is 12.2 Å². The number of thioether (sulfide) groups is 1. The van der Waals surface area contributed by atoms with Gasteiger partial charge in [-0.25, -0.2) is 0 Å². The van der Waals surface area contributed by atoms with E-state index >= 15 is 0 Å². The maximum atomic E-state index is 12.4. The number of amides is 3. The first-order chi connectivity index (χ1) is 14.4. The molecule has 1 aromatic heterocycles. The molecular formula is C20H16F2N2O4S2. The molecule has 0 saturated carbocycles. The van der Waals surface area contributed by atoms with Crippen LogP contribution in [0.4, 0.5) is 13.6 Å². The molecule has 0 radical (unpaired) electrons. The molecule has 3 rings (SSSR count). The van der Waals surface area contributed by atoms with E-state index in [4.69, 9.17) is 0 Å². The molecule has 1 saturated heterocycles. The second-order valence-electron chi connectivity index (χ2n) is 5.92. The van der Waals surface area contributed by atoms with Gasteiger partial charge in [-0.3, -0.25) is 19.3 Å². The van der Waals surface area contributed by atoms with Crippen LogP contribution in [-0.4, -0.2) is 41.7 Å². The second-order valence-corrected chi connectivity index (χ2v) is 7.89. The minimum atomic E-state index is -2.90. The van der Waals surface area contributed by atoms with Crippen LogP contribution in [0.3, 0.4) is 0 Å². The summed E-state index contributed by atoms with van der Waals surface area (Å²) < 4.78 is 28.5. The highest BCUT2D eigenvalue weighted by Crippen LogP contribution is 2.32. The lowest BCUT2D eigenvalue weighted by Gasteiger charge is -2.12. The van der Waals surface area contributed by atoms with Crippen molar-refractivity contribution in [3.63, 3.8) is 0 Å². The summed E-state index contributed by atoms with van der Waals surface area (Å²) in [7, 11) is 0. The number of benzene rings is 1. The first-order valence-electron chi connectivity index (χ1n) is 8.72. The van der Waals surface area contributed by atoms with Gasteiger partial charge in [0.15, 0.2) is 0 Å². The van der Waals surface area contributed by atoms with Gasteiger partial charge in [0.25, 0.3) is 11.1 Å². The first-order valence-corrected chi connectivity index (χ1v) is 10.4. The zero-order chi connectivity index (χ0) is 21.5. The molecule has 1 N–H and O–H groups in total. The van der Waals surface area contributed by atoms with Crippen LogP contribution < -0.4 is 10.1 Å². The summed E-state index contributed by atoms with van der Waals surface area (Å²) in [6.45, 7) is -2.73. The largest absolute Gasteiger partial charge is 0.435 e. The normalized spacial score (nSPS) is 15.6. The Morgan fingerprint density at radius 1 is 1.20 bits per heavy atom. The molecule has 10 heteroatoms. The lowest BCUT2D eigenvalue weighted by molar-refractivity contribution is -0.123. The highest BCUT2D eigenvalue weighted by Gasteiger charge is 2.34. The van der Waals surface area contributed by atoms with Gasteiger partial charge in [0, 0.05) is 24.0 Å². The van der Waals surface area contributed by atoms with Crippen LogP contribution in [0.1, 0.15) is 10.4 Å². The average Bonchev–Trinajstić information content (AvgIpc) is 3.31. The number of nitrogens with one attached hydrogen (secondary N) is 1. The van der Waals surface area contributed by atoms with E-state index < -0.39 is 12.5 Å². The van der Waals surface area contributed by atoms with Crippen molar-refractivity contribution in [1.29, 1.82) is 0 Å². The van der Waals surface area contributed by atoms with Gasteiger partial charge in [-0.2, -0.15) is 8.78 Å². The molecule has 0 unspecified atom stereocenters. The molecule has 3 amide bonds. The number of imide groups is 1. The molecule has 0 spiro atoms. The first kappa shape index (κ1) is 21.7. The highest BCUT2D eigenvalue weighted by atomic mass is 32.2. The van der Waals surface area contributed by atoms with Crippen LogP contribution in [0, 0.1) is 0 Å². The number of halogens is 2. The third-order valence-electron chi connectivity index (χ3n) is 3.86. The molecule has 2 heterocycles.